The number of aliphatic hydroxyl groups excluding tert-OH is 1. The lowest BCUT2D eigenvalue weighted by Crippen LogP contribution is -2.29. The Balaban J connectivity index is 1.36. The van der Waals surface area contributed by atoms with Gasteiger partial charge in [-0.25, -0.2) is 0 Å². The second kappa shape index (κ2) is 8.46. The first-order chi connectivity index (χ1) is 14.0. The van der Waals surface area contributed by atoms with Crippen molar-refractivity contribution >= 4 is 51.2 Å². The van der Waals surface area contributed by atoms with Crippen LogP contribution >= 0.6 is 23.4 Å². The molecular formula is C20H18ClN3O4S. The van der Waals surface area contributed by atoms with Crippen molar-refractivity contribution in [2.45, 2.75) is 18.0 Å². The molecule has 1 aromatic heterocycles. The van der Waals surface area contributed by atoms with Gasteiger partial charge in [0.15, 0.2) is 5.37 Å². The summed E-state index contributed by atoms with van der Waals surface area (Å²) in [6.07, 6.45) is -0.674. The molecule has 0 radical (unpaired) electrons. The molecule has 0 aliphatic carbocycles. The Kier molecular flexibility index (Phi) is 5.77. The van der Waals surface area contributed by atoms with Crippen molar-refractivity contribution in [1.82, 2.24) is 10.6 Å². The Labute approximate surface area is 175 Å². The van der Waals surface area contributed by atoms with Crippen LogP contribution in [0, 0.1) is 0 Å². The number of rotatable bonds is 7. The molecule has 1 saturated heterocycles. The Morgan fingerprint density at radius 3 is 2.83 bits per heavy atom. The molecule has 3 aromatic rings. The normalized spacial score (nSPS) is 17.5. The lowest BCUT2D eigenvalue weighted by atomic mass is 10.1. The number of hydrogen-bond acceptors (Lipinski definition) is 7. The first-order valence-electron chi connectivity index (χ1n) is 8.93. The van der Waals surface area contributed by atoms with Crippen molar-refractivity contribution in [3.8, 4) is 0 Å². The van der Waals surface area contributed by atoms with Crippen molar-refractivity contribution in [2.75, 3.05) is 11.9 Å². The molecule has 1 fully saturated rings. The zero-order valence-electron chi connectivity index (χ0n) is 15.1. The van der Waals surface area contributed by atoms with Gasteiger partial charge in [-0.2, -0.15) is 0 Å². The van der Waals surface area contributed by atoms with Crippen LogP contribution in [-0.2, 0) is 11.3 Å². The fraction of sp³-hybridized carbons (Fsp3) is 0.200. The van der Waals surface area contributed by atoms with Gasteiger partial charge in [-0.3, -0.25) is 14.9 Å². The predicted octanol–water partition coefficient (Wildman–Crippen LogP) is 3.63. The summed E-state index contributed by atoms with van der Waals surface area (Å²) in [4.78, 5) is 23.0. The SMILES string of the molecule is O=C1NC(=O)C(Nc2ccc3oc(CNC[C@H](O)c4cccc(Cl)c4)cc3c2)S1. The van der Waals surface area contributed by atoms with Crippen LogP contribution in [0.4, 0.5) is 10.5 Å². The van der Waals surface area contributed by atoms with Crippen LogP contribution in [0.3, 0.4) is 0 Å². The molecule has 2 aromatic carbocycles. The standard InChI is InChI=1S/C20H18ClN3O4S/c21-13-3-1-2-11(6-13)16(25)10-22-9-15-8-12-7-14(4-5-17(12)28-15)23-19-18(26)24-20(27)29-19/h1-8,16,19,22-23,25H,9-10H2,(H,24,26,27)/t16-,19?/m0/s1. The number of benzene rings is 2. The molecule has 2 heterocycles. The summed E-state index contributed by atoms with van der Waals surface area (Å²) >= 11 is 6.87. The van der Waals surface area contributed by atoms with Gasteiger partial charge in [0.2, 0.25) is 0 Å². The van der Waals surface area contributed by atoms with Gasteiger partial charge >= 0.3 is 0 Å². The number of anilines is 1. The molecule has 4 rings (SSSR count). The molecule has 0 saturated carbocycles. The summed E-state index contributed by atoms with van der Waals surface area (Å²) in [5.41, 5.74) is 2.18. The van der Waals surface area contributed by atoms with Gasteiger partial charge in [0.25, 0.3) is 11.1 Å². The van der Waals surface area contributed by atoms with Gasteiger partial charge in [-0.05, 0) is 53.7 Å². The highest BCUT2D eigenvalue weighted by Gasteiger charge is 2.31. The number of fused-ring (bicyclic) bond motifs is 1. The van der Waals surface area contributed by atoms with Crippen LogP contribution < -0.4 is 16.0 Å². The number of furan rings is 1. The van der Waals surface area contributed by atoms with Gasteiger partial charge in [-0.1, -0.05) is 23.7 Å². The molecule has 7 nitrogen and oxygen atoms in total. The van der Waals surface area contributed by atoms with Gasteiger partial charge in [-0.15, -0.1) is 0 Å². The van der Waals surface area contributed by atoms with Crippen LogP contribution in [0.25, 0.3) is 11.0 Å². The lowest BCUT2D eigenvalue weighted by Gasteiger charge is -2.11. The molecular weight excluding hydrogens is 414 g/mol. The number of carbonyl (C=O) groups is 2. The zero-order valence-corrected chi connectivity index (χ0v) is 16.7. The number of carbonyl (C=O) groups excluding carboxylic acids is 2. The molecule has 2 atom stereocenters. The third kappa shape index (κ3) is 4.73. The van der Waals surface area contributed by atoms with Crippen molar-refractivity contribution < 1.29 is 19.1 Å². The van der Waals surface area contributed by atoms with Crippen molar-refractivity contribution in [3.05, 3.63) is 64.9 Å². The molecule has 150 valence electrons. The number of imide groups is 1. The predicted molar refractivity (Wildman–Crippen MR) is 113 cm³/mol. The van der Waals surface area contributed by atoms with Gasteiger partial charge in [0.1, 0.15) is 11.3 Å². The van der Waals surface area contributed by atoms with E-state index in [9.17, 15) is 14.7 Å². The Morgan fingerprint density at radius 2 is 2.07 bits per heavy atom. The fourth-order valence-corrected chi connectivity index (χ4v) is 3.97. The highest BCUT2D eigenvalue weighted by atomic mass is 35.5. The number of nitrogens with one attached hydrogen (secondary N) is 3. The van der Waals surface area contributed by atoms with E-state index in [-0.39, 0.29) is 11.1 Å². The molecule has 0 bridgehead atoms. The Bertz CT molecular complexity index is 1070. The Morgan fingerprint density at radius 1 is 1.21 bits per heavy atom. The van der Waals surface area contributed by atoms with Crippen LogP contribution in [0.15, 0.2) is 52.9 Å². The van der Waals surface area contributed by atoms with Crippen molar-refractivity contribution in [1.29, 1.82) is 0 Å². The van der Waals surface area contributed by atoms with E-state index in [1.807, 2.05) is 18.2 Å². The summed E-state index contributed by atoms with van der Waals surface area (Å²) in [6, 6.07) is 14.5. The minimum atomic E-state index is -0.674. The number of halogens is 1. The molecule has 1 aliphatic rings. The summed E-state index contributed by atoms with van der Waals surface area (Å²) in [5.74, 6) is 0.369. The molecule has 9 heteroatoms. The highest BCUT2D eigenvalue weighted by Crippen LogP contribution is 2.26. The Hall–Kier alpha value is -2.52. The first-order valence-corrected chi connectivity index (χ1v) is 10.2. The largest absolute Gasteiger partial charge is 0.460 e. The monoisotopic (exact) mass is 431 g/mol. The summed E-state index contributed by atoms with van der Waals surface area (Å²) in [5, 5.41) is 19.2. The van der Waals surface area contributed by atoms with E-state index in [0.29, 0.717) is 23.7 Å². The van der Waals surface area contributed by atoms with Crippen LogP contribution in [0.5, 0.6) is 0 Å². The maximum Gasteiger partial charge on any atom is 0.288 e. The van der Waals surface area contributed by atoms with E-state index in [2.05, 4.69) is 16.0 Å². The second-order valence-corrected chi connectivity index (χ2v) is 8.10. The van der Waals surface area contributed by atoms with E-state index < -0.39 is 11.5 Å². The minimum Gasteiger partial charge on any atom is -0.460 e. The lowest BCUT2D eigenvalue weighted by molar-refractivity contribution is -0.118. The molecule has 29 heavy (non-hydrogen) atoms. The topological polar surface area (TPSA) is 104 Å². The number of hydrogen-bond donors (Lipinski definition) is 4. The maximum absolute atomic E-state index is 11.7. The van der Waals surface area contributed by atoms with E-state index in [1.54, 1.807) is 30.3 Å². The van der Waals surface area contributed by atoms with Crippen LogP contribution in [0.2, 0.25) is 5.02 Å². The summed E-state index contributed by atoms with van der Waals surface area (Å²) in [7, 11) is 0. The van der Waals surface area contributed by atoms with Crippen molar-refractivity contribution in [2.24, 2.45) is 0 Å². The molecule has 0 spiro atoms. The van der Waals surface area contributed by atoms with E-state index in [0.717, 1.165) is 34.2 Å². The number of aliphatic hydroxyl groups is 1. The third-order valence-corrected chi connectivity index (χ3v) is 5.54. The average Bonchev–Trinajstić information content (AvgIpc) is 3.23. The minimum absolute atomic E-state index is 0.351. The number of thioether (sulfide) groups is 1. The van der Waals surface area contributed by atoms with E-state index in [4.69, 9.17) is 16.0 Å². The summed E-state index contributed by atoms with van der Waals surface area (Å²) < 4.78 is 5.81. The van der Waals surface area contributed by atoms with Gasteiger partial charge < -0.3 is 20.2 Å². The molecule has 1 aliphatic heterocycles. The third-order valence-electron chi connectivity index (χ3n) is 4.42. The molecule has 2 amide bonds. The van der Waals surface area contributed by atoms with E-state index in [1.165, 1.54) is 0 Å². The smallest absolute Gasteiger partial charge is 0.288 e. The van der Waals surface area contributed by atoms with Crippen LogP contribution in [-0.4, -0.2) is 28.2 Å². The zero-order chi connectivity index (χ0) is 20.4. The van der Waals surface area contributed by atoms with Gasteiger partial charge in [0.05, 0.1) is 12.6 Å². The molecule has 4 N–H and O–H groups in total. The first kappa shape index (κ1) is 19.8. The quantitative estimate of drug-likeness (QED) is 0.453. The highest BCUT2D eigenvalue weighted by molar-refractivity contribution is 8.15. The van der Waals surface area contributed by atoms with Gasteiger partial charge in [0, 0.05) is 22.6 Å². The number of amides is 2. The fourth-order valence-electron chi connectivity index (χ4n) is 3.04. The van der Waals surface area contributed by atoms with E-state index >= 15 is 0 Å². The summed E-state index contributed by atoms with van der Waals surface area (Å²) in [6.45, 7) is 0.802. The average molecular weight is 432 g/mol. The molecule has 1 unspecified atom stereocenters. The van der Waals surface area contributed by atoms with Crippen LogP contribution in [0.1, 0.15) is 17.4 Å². The maximum atomic E-state index is 11.7. The second-order valence-electron chi connectivity index (χ2n) is 6.59. The van der Waals surface area contributed by atoms with Crippen molar-refractivity contribution in [3.63, 3.8) is 0 Å².